The third kappa shape index (κ3) is 0.884. The van der Waals surface area contributed by atoms with E-state index in [-0.39, 0.29) is 5.92 Å². The van der Waals surface area contributed by atoms with Gasteiger partial charge in [0.1, 0.15) is 0 Å². The molecule has 72 valence electrons. The zero-order valence-corrected chi connectivity index (χ0v) is 8.03. The van der Waals surface area contributed by atoms with Gasteiger partial charge in [0.25, 0.3) is 0 Å². The predicted molar refractivity (Wildman–Crippen MR) is 52.2 cm³/mol. The lowest BCUT2D eigenvalue weighted by atomic mass is 10.0. The molecule has 2 aliphatic rings. The summed E-state index contributed by atoms with van der Waals surface area (Å²) in [5.74, 6) is 0.00292. The number of carboxylic acid groups (broad SMARTS) is 1. The van der Waals surface area contributed by atoms with Gasteiger partial charge in [0.2, 0.25) is 0 Å². The van der Waals surface area contributed by atoms with Gasteiger partial charge in [-0.2, -0.15) is 0 Å². The van der Waals surface area contributed by atoms with Crippen LogP contribution in [0.5, 0.6) is 0 Å². The number of aryl methyl sites for hydroxylation is 1. The minimum atomic E-state index is -0.618. The van der Waals surface area contributed by atoms with Gasteiger partial charge in [-0.15, -0.1) is 0 Å². The van der Waals surface area contributed by atoms with Crippen LogP contribution in [0.25, 0.3) is 0 Å². The molecule has 0 radical (unpaired) electrons. The predicted octanol–water partition coefficient (Wildman–Crippen LogP) is 1.97. The Labute approximate surface area is 82.6 Å². The highest BCUT2D eigenvalue weighted by Gasteiger charge is 2.59. The first-order chi connectivity index (χ1) is 6.68. The fourth-order valence-corrected chi connectivity index (χ4v) is 2.85. The van der Waals surface area contributed by atoms with Crippen LogP contribution in [0.4, 0.5) is 0 Å². The van der Waals surface area contributed by atoms with E-state index >= 15 is 0 Å². The fraction of sp³-hybridized carbons (Fsp3) is 0.417. The Morgan fingerprint density at radius 2 is 2.29 bits per heavy atom. The Kier molecular flexibility index (Phi) is 1.37. The number of aliphatic carboxylic acids is 1. The molecule has 1 aromatic rings. The van der Waals surface area contributed by atoms with Crippen molar-refractivity contribution in [3.8, 4) is 0 Å². The molecule has 0 aliphatic heterocycles. The maximum Gasteiger partial charge on any atom is 0.307 e. The summed E-state index contributed by atoms with van der Waals surface area (Å²) in [7, 11) is 0. The molecule has 0 heterocycles. The number of carbonyl (C=O) groups is 1. The molecule has 3 atom stereocenters. The highest BCUT2D eigenvalue weighted by atomic mass is 16.4. The van der Waals surface area contributed by atoms with E-state index in [1.165, 1.54) is 16.7 Å². The summed E-state index contributed by atoms with van der Waals surface area (Å²) < 4.78 is 0. The second kappa shape index (κ2) is 2.38. The number of rotatable bonds is 1. The van der Waals surface area contributed by atoms with Crippen LogP contribution in [0.1, 0.15) is 22.6 Å². The summed E-state index contributed by atoms with van der Waals surface area (Å²) in [6.07, 6.45) is 0.969. The molecule has 1 N–H and O–H groups in total. The minimum Gasteiger partial charge on any atom is -0.481 e. The lowest BCUT2D eigenvalue weighted by molar-refractivity contribution is -0.139. The Morgan fingerprint density at radius 3 is 3.00 bits per heavy atom. The maximum absolute atomic E-state index is 10.9. The summed E-state index contributed by atoms with van der Waals surface area (Å²) in [4.78, 5) is 10.9. The average molecular weight is 188 g/mol. The standard InChI is InChI=1S/C12H12O2/c1-6-2-3-7-5-9-10(8(7)4-6)11(9)12(13)14/h2-4,9-11H,5H2,1H3,(H,13,14)/t9-,10-,11-/m1/s1. The van der Waals surface area contributed by atoms with Crippen molar-refractivity contribution in [2.75, 3.05) is 0 Å². The molecule has 0 spiro atoms. The van der Waals surface area contributed by atoms with Gasteiger partial charge in [-0.05, 0) is 30.4 Å². The quantitative estimate of drug-likeness (QED) is 0.731. The van der Waals surface area contributed by atoms with Crippen molar-refractivity contribution in [3.05, 3.63) is 34.9 Å². The largest absolute Gasteiger partial charge is 0.481 e. The average Bonchev–Trinajstić information content (AvgIpc) is 2.73. The van der Waals surface area contributed by atoms with Crippen LogP contribution in [0.2, 0.25) is 0 Å². The summed E-state index contributed by atoms with van der Waals surface area (Å²) in [6, 6.07) is 6.41. The van der Waals surface area contributed by atoms with Crippen LogP contribution in [-0.2, 0) is 11.2 Å². The van der Waals surface area contributed by atoms with Gasteiger partial charge in [-0.25, -0.2) is 0 Å². The van der Waals surface area contributed by atoms with Crippen LogP contribution in [0.15, 0.2) is 18.2 Å². The maximum atomic E-state index is 10.9. The van der Waals surface area contributed by atoms with Crippen molar-refractivity contribution in [1.29, 1.82) is 0 Å². The molecule has 0 aromatic heterocycles. The first kappa shape index (κ1) is 8.04. The monoisotopic (exact) mass is 188 g/mol. The smallest absolute Gasteiger partial charge is 0.307 e. The number of benzene rings is 1. The van der Waals surface area contributed by atoms with Gasteiger partial charge in [0.05, 0.1) is 5.92 Å². The molecular weight excluding hydrogens is 176 g/mol. The zero-order valence-electron chi connectivity index (χ0n) is 8.03. The van der Waals surface area contributed by atoms with Crippen molar-refractivity contribution < 1.29 is 9.90 Å². The normalized spacial score (nSPS) is 32.2. The summed E-state index contributed by atoms with van der Waals surface area (Å²) in [6.45, 7) is 2.06. The Balaban J connectivity index is 2.01. The molecule has 2 heteroatoms. The van der Waals surface area contributed by atoms with Crippen molar-refractivity contribution in [2.45, 2.75) is 19.3 Å². The van der Waals surface area contributed by atoms with E-state index in [1.54, 1.807) is 0 Å². The fourth-order valence-electron chi connectivity index (χ4n) is 2.85. The Bertz CT molecular complexity index is 422. The van der Waals surface area contributed by atoms with E-state index in [0.29, 0.717) is 11.8 Å². The molecule has 2 aliphatic carbocycles. The lowest BCUT2D eigenvalue weighted by Crippen LogP contribution is -2.05. The van der Waals surface area contributed by atoms with Crippen molar-refractivity contribution in [2.24, 2.45) is 11.8 Å². The van der Waals surface area contributed by atoms with E-state index in [0.717, 1.165) is 6.42 Å². The molecule has 0 unspecified atom stereocenters. The van der Waals surface area contributed by atoms with Gasteiger partial charge in [-0.1, -0.05) is 23.8 Å². The third-order valence-corrected chi connectivity index (χ3v) is 3.57. The second-order valence-corrected chi connectivity index (χ2v) is 4.46. The van der Waals surface area contributed by atoms with Crippen LogP contribution >= 0.6 is 0 Å². The first-order valence-electron chi connectivity index (χ1n) is 5.00. The molecule has 1 aromatic carbocycles. The zero-order chi connectivity index (χ0) is 9.87. The first-order valence-corrected chi connectivity index (χ1v) is 5.00. The van der Waals surface area contributed by atoms with Crippen molar-refractivity contribution >= 4 is 5.97 Å². The van der Waals surface area contributed by atoms with Gasteiger partial charge in [-0.3, -0.25) is 4.79 Å². The Hall–Kier alpha value is -1.31. The molecule has 1 fully saturated rings. The summed E-state index contributed by atoms with van der Waals surface area (Å²) >= 11 is 0. The molecule has 1 saturated carbocycles. The topological polar surface area (TPSA) is 37.3 Å². The van der Waals surface area contributed by atoms with E-state index in [4.69, 9.17) is 5.11 Å². The van der Waals surface area contributed by atoms with E-state index in [2.05, 4.69) is 25.1 Å². The molecule has 0 saturated heterocycles. The van der Waals surface area contributed by atoms with E-state index in [9.17, 15) is 4.79 Å². The third-order valence-electron chi connectivity index (χ3n) is 3.57. The van der Waals surface area contributed by atoms with Crippen molar-refractivity contribution in [3.63, 3.8) is 0 Å². The van der Waals surface area contributed by atoms with E-state index in [1.807, 2.05) is 0 Å². The second-order valence-electron chi connectivity index (χ2n) is 4.46. The molecule has 3 rings (SSSR count). The summed E-state index contributed by atoms with van der Waals surface area (Å²) in [5, 5.41) is 8.95. The van der Waals surface area contributed by atoms with E-state index < -0.39 is 5.97 Å². The molecule has 0 bridgehead atoms. The van der Waals surface area contributed by atoms with Gasteiger partial charge < -0.3 is 5.11 Å². The highest BCUT2D eigenvalue weighted by Crippen LogP contribution is 2.61. The minimum absolute atomic E-state index is 0.0932. The van der Waals surface area contributed by atoms with Crippen LogP contribution in [-0.4, -0.2) is 11.1 Å². The van der Waals surface area contributed by atoms with Crippen LogP contribution in [0, 0.1) is 18.8 Å². The number of hydrogen-bond acceptors (Lipinski definition) is 1. The summed E-state index contributed by atoms with van der Waals surface area (Å²) in [5.41, 5.74) is 3.89. The number of fused-ring (bicyclic) bond motifs is 3. The highest BCUT2D eigenvalue weighted by molar-refractivity contribution is 5.77. The van der Waals surface area contributed by atoms with Gasteiger partial charge in [0, 0.05) is 5.92 Å². The lowest BCUT2D eigenvalue weighted by Gasteiger charge is -2.05. The molecular formula is C12H12O2. The van der Waals surface area contributed by atoms with Gasteiger partial charge >= 0.3 is 5.97 Å². The van der Waals surface area contributed by atoms with Crippen molar-refractivity contribution in [1.82, 2.24) is 0 Å². The Morgan fingerprint density at radius 1 is 1.50 bits per heavy atom. The van der Waals surface area contributed by atoms with Crippen LogP contribution in [0.3, 0.4) is 0 Å². The van der Waals surface area contributed by atoms with Gasteiger partial charge in [0.15, 0.2) is 0 Å². The number of carboxylic acids is 1. The molecule has 14 heavy (non-hydrogen) atoms. The SMILES string of the molecule is Cc1ccc2c(c1)[C@@H]1[C@@H](C2)[C@H]1C(=O)O. The van der Waals surface area contributed by atoms with Crippen LogP contribution < -0.4 is 0 Å². The molecule has 2 nitrogen and oxygen atoms in total. The molecule has 0 amide bonds. The number of hydrogen-bond donors (Lipinski definition) is 1.